The van der Waals surface area contributed by atoms with E-state index in [-0.39, 0.29) is 22.8 Å². The molecule has 2 heterocycles. The quantitative estimate of drug-likeness (QED) is 0.557. The fraction of sp³-hybridized carbons (Fsp3) is 0.250. The molecule has 0 saturated carbocycles. The largest absolute Gasteiger partial charge is 0.475 e. The van der Waals surface area contributed by atoms with Crippen molar-refractivity contribution in [3.05, 3.63) is 28.1 Å². The molecule has 1 aromatic rings. The molecule has 2 rings (SSSR count). The third kappa shape index (κ3) is 1.58. The van der Waals surface area contributed by atoms with E-state index in [1.165, 1.54) is 12.4 Å². The summed E-state index contributed by atoms with van der Waals surface area (Å²) in [7, 11) is 0. The van der Waals surface area contributed by atoms with Gasteiger partial charge >= 0.3 is 5.69 Å². The van der Waals surface area contributed by atoms with E-state index in [0.717, 1.165) is 0 Å². The fourth-order valence-corrected chi connectivity index (χ4v) is 1.33. The standard InChI is InChI=1S/C8H8N4O3/c9-6-4-10-3-5(7(6)12(13)14)8-11-1-2-15-8/h3-4H,1-2,9H2. The van der Waals surface area contributed by atoms with Crippen molar-refractivity contribution in [2.45, 2.75) is 0 Å². The van der Waals surface area contributed by atoms with Gasteiger partial charge in [0.1, 0.15) is 17.9 Å². The molecular weight excluding hydrogens is 200 g/mol. The summed E-state index contributed by atoms with van der Waals surface area (Å²) in [5.74, 6) is 0.238. The summed E-state index contributed by atoms with van der Waals surface area (Å²) in [6.07, 6.45) is 2.57. The van der Waals surface area contributed by atoms with E-state index in [2.05, 4.69) is 9.98 Å². The van der Waals surface area contributed by atoms with Crippen molar-refractivity contribution in [3.63, 3.8) is 0 Å². The Hall–Kier alpha value is -2.18. The van der Waals surface area contributed by atoms with Gasteiger partial charge in [-0.1, -0.05) is 0 Å². The van der Waals surface area contributed by atoms with Crippen LogP contribution in [0.3, 0.4) is 0 Å². The van der Waals surface area contributed by atoms with Crippen LogP contribution >= 0.6 is 0 Å². The number of hydrogen-bond donors (Lipinski definition) is 1. The van der Waals surface area contributed by atoms with Gasteiger partial charge < -0.3 is 10.5 Å². The molecule has 1 aliphatic heterocycles. The Morgan fingerprint density at radius 1 is 1.53 bits per heavy atom. The fourth-order valence-electron chi connectivity index (χ4n) is 1.33. The van der Waals surface area contributed by atoms with Gasteiger partial charge in [0.2, 0.25) is 5.90 Å². The van der Waals surface area contributed by atoms with E-state index in [1.807, 2.05) is 0 Å². The number of rotatable bonds is 2. The number of nitrogens with zero attached hydrogens (tertiary/aromatic N) is 3. The Labute approximate surface area is 84.7 Å². The molecule has 78 valence electrons. The van der Waals surface area contributed by atoms with Crippen molar-refractivity contribution in [3.8, 4) is 0 Å². The molecule has 0 aromatic carbocycles. The number of aliphatic imine (C=N–C) groups is 1. The molecule has 0 fully saturated rings. The van der Waals surface area contributed by atoms with Gasteiger partial charge in [-0.05, 0) is 0 Å². The molecule has 0 spiro atoms. The third-order valence-corrected chi connectivity index (χ3v) is 1.94. The second kappa shape index (κ2) is 3.52. The molecule has 0 unspecified atom stereocenters. The maximum absolute atomic E-state index is 10.8. The van der Waals surface area contributed by atoms with Crippen LogP contribution in [0.2, 0.25) is 0 Å². The summed E-state index contributed by atoms with van der Waals surface area (Å²) >= 11 is 0. The van der Waals surface area contributed by atoms with E-state index < -0.39 is 4.92 Å². The predicted octanol–water partition coefficient (Wildman–Crippen LogP) is 0.349. The summed E-state index contributed by atoms with van der Waals surface area (Å²) in [4.78, 5) is 18.0. The van der Waals surface area contributed by atoms with Crippen LogP contribution in [0.25, 0.3) is 0 Å². The first kappa shape index (κ1) is 9.38. The van der Waals surface area contributed by atoms with Crippen molar-refractivity contribution in [2.75, 3.05) is 18.9 Å². The van der Waals surface area contributed by atoms with Gasteiger partial charge in [-0.2, -0.15) is 0 Å². The SMILES string of the molecule is Nc1cncc(C2=NCCO2)c1[N+](=O)[O-]. The molecular formula is C8H8N4O3. The Kier molecular flexibility index (Phi) is 2.20. The zero-order valence-electron chi connectivity index (χ0n) is 7.71. The van der Waals surface area contributed by atoms with Crippen molar-refractivity contribution in [2.24, 2.45) is 4.99 Å². The van der Waals surface area contributed by atoms with Gasteiger partial charge in [0.15, 0.2) is 0 Å². The van der Waals surface area contributed by atoms with Gasteiger partial charge in [0, 0.05) is 6.20 Å². The van der Waals surface area contributed by atoms with E-state index in [0.29, 0.717) is 13.2 Å². The molecule has 0 bridgehead atoms. The highest BCUT2D eigenvalue weighted by atomic mass is 16.6. The molecule has 1 aromatic heterocycles. The Balaban J connectivity index is 2.55. The predicted molar refractivity (Wildman–Crippen MR) is 52.7 cm³/mol. The first-order valence-corrected chi connectivity index (χ1v) is 4.25. The number of ether oxygens (including phenoxy) is 1. The monoisotopic (exact) mass is 208 g/mol. The zero-order chi connectivity index (χ0) is 10.8. The third-order valence-electron chi connectivity index (χ3n) is 1.94. The number of nitro groups is 1. The van der Waals surface area contributed by atoms with Crippen LogP contribution < -0.4 is 5.73 Å². The van der Waals surface area contributed by atoms with E-state index in [4.69, 9.17) is 10.5 Å². The molecule has 7 nitrogen and oxygen atoms in total. The van der Waals surface area contributed by atoms with Crippen molar-refractivity contribution in [1.29, 1.82) is 0 Å². The number of pyridine rings is 1. The van der Waals surface area contributed by atoms with Crippen LogP contribution in [0.5, 0.6) is 0 Å². The number of aromatic nitrogens is 1. The highest BCUT2D eigenvalue weighted by molar-refractivity contribution is 6.00. The number of nitrogens with two attached hydrogens (primary N) is 1. The van der Waals surface area contributed by atoms with Crippen LogP contribution in [-0.4, -0.2) is 29.0 Å². The highest BCUT2D eigenvalue weighted by Gasteiger charge is 2.25. The number of anilines is 1. The number of hydrogen-bond acceptors (Lipinski definition) is 6. The lowest BCUT2D eigenvalue weighted by Crippen LogP contribution is -2.08. The first-order chi connectivity index (χ1) is 7.20. The van der Waals surface area contributed by atoms with Crippen molar-refractivity contribution in [1.82, 2.24) is 4.98 Å². The first-order valence-electron chi connectivity index (χ1n) is 4.25. The Bertz CT molecular complexity index is 444. The molecule has 0 atom stereocenters. The zero-order valence-corrected chi connectivity index (χ0v) is 7.71. The lowest BCUT2D eigenvalue weighted by Gasteiger charge is -2.03. The van der Waals surface area contributed by atoms with Gasteiger partial charge in [0.25, 0.3) is 0 Å². The molecule has 0 amide bonds. The number of nitrogen functional groups attached to an aromatic ring is 1. The van der Waals surface area contributed by atoms with Crippen LogP contribution in [0, 0.1) is 10.1 Å². The maximum Gasteiger partial charge on any atom is 0.307 e. The summed E-state index contributed by atoms with van der Waals surface area (Å²) in [6, 6.07) is 0. The minimum atomic E-state index is -0.559. The second-order valence-corrected chi connectivity index (χ2v) is 2.92. The Morgan fingerprint density at radius 2 is 2.33 bits per heavy atom. The molecule has 0 saturated heterocycles. The van der Waals surface area contributed by atoms with Gasteiger partial charge in [-0.25, -0.2) is 4.99 Å². The summed E-state index contributed by atoms with van der Waals surface area (Å²) < 4.78 is 5.13. The molecule has 0 radical (unpaired) electrons. The minimum absolute atomic E-state index is 0.00991. The van der Waals surface area contributed by atoms with Crippen LogP contribution in [0.4, 0.5) is 11.4 Å². The summed E-state index contributed by atoms with van der Waals surface area (Å²) in [5, 5.41) is 10.8. The van der Waals surface area contributed by atoms with E-state index in [9.17, 15) is 10.1 Å². The van der Waals surface area contributed by atoms with E-state index in [1.54, 1.807) is 0 Å². The lowest BCUT2D eigenvalue weighted by atomic mass is 10.2. The lowest BCUT2D eigenvalue weighted by molar-refractivity contribution is -0.384. The summed E-state index contributed by atoms with van der Waals surface area (Å²) in [5.41, 5.74) is 5.52. The maximum atomic E-state index is 10.8. The van der Waals surface area contributed by atoms with Crippen LogP contribution in [0.1, 0.15) is 5.56 Å². The van der Waals surface area contributed by atoms with Gasteiger partial charge in [0.05, 0.1) is 17.7 Å². The van der Waals surface area contributed by atoms with Crippen molar-refractivity contribution >= 4 is 17.3 Å². The second-order valence-electron chi connectivity index (χ2n) is 2.92. The smallest absolute Gasteiger partial charge is 0.307 e. The van der Waals surface area contributed by atoms with Gasteiger partial charge in [-0.3, -0.25) is 15.1 Å². The average molecular weight is 208 g/mol. The van der Waals surface area contributed by atoms with Crippen LogP contribution in [0.15, 0.2) is 17.4 Å². The summed E-state index contributed by atoms with van der Waals surface area (Å²) in [6.45, 7) is 0.933. The highest BCUT2D eigenvalue weighted by Crippen LogP contribution is 2.26. The topological polar surface area (TPSA) is 104 Å². The molecule has 7 heteroatoms. The Morgan fingerprint density at radius 3 is 2.93 bits per heavy atom. The van der Waals surface area contributed by atoms with Gasteiger partial charge in [-0.15, -0.1) is 0 Å². The normalized spacial score (nSPS) is 14.5. The molecule has 0 aliphatic carbocycles. The molecule has 1 aliphatic rings. The van der Waals surface area contributed by atoms with E-state index >= 15 is 0 Å². The molecule has 15 heavy (non-hydrogen) atoms. The van der Waals surface area contributed by atoms with Crippen LogP contribution in [-0.2, 0) is 4.74 Å². The average Bonchev–Trinajstić information content (AvgIpc) is 2.69. The van der Waals surface area contributed by atoms with Crippen molar-refractivity contribution < 1.29 is 9.66 Å². The molecule has 2 N–H and O–H groups in total. The minimum Gasteiger partial charge on any atom is -0.475 e.